The van der Waals surface area contributed by atoms with Crippen LogP contribution in [-0.2, 0) is 17.3 Å². The molecule has 7 nitrogen and oxygen atoms in total. The Balaban J connectivity index is 0.000000588. The Labute approximate surface area is 193 Å². The smallest absolute Gasteiger partial charge is 0.413 e. The fourth-order valence-corrected chi connectivity index (χ4v) is 3.74. The molecule has 0 aromatic carbocycles. The number of hydrogen-bond acceptors (Lipinski definition) is 6. The predicted octanol–water partition coefficient (Wildman–Crippen LogP) is 5.07. The Kier molecular flexibility index (Phi) is 7.59. The number of aromatic nitrogens is 2. The van der Waals surface area contributed by atoms with Crippen molar-refractivity contribution < 1.29 is 31.5 Å². The summed E-state index contributed by atoms with van der Waals surface area (Å²) in [6.07, 6.45) is -2.19. The lowest BCUT2D eigenvalue weighted by molar-refractivity contribution is -0.110. The van der Waals surface area contributed by atoms with E-state index in [9.17, 15) is 26.7 Å². The molecule has 2 aromatic rings. The average molecular weight is 487 g/mol. The van der Waals surface area contributed by atoms with Crippen molar-refractivity contribution in [1.82, 2.24) is 15.3 Å². The predicted molar refractivity (Wildman–Crippen MR) is 117 cm³/mol. The van der Waals surface area contributed by atoms with Crippen LogP contribution in [0.15, 0.2) is 24.4 Å². The van der Waals surface area contributed by atoms with Crippen LogP contribution in [0.4, 0.5) is 38.4 Å². The van der Waals surface area contributed by atoms with Gasteiger partial charge in [-0.05, 0) is 24.6 Å². The van der Waals surface area contributed by atoms with Crippen LogP contribution in [0.1, 0.15) is 38.3 Å². The zero-order valence-corrected chi connectivity index (χ0v) is 19.0. The Bertz CT molecular complexity index is 1020. The first-order valence-corrected chi connectivity index (χ1v) is 10.7. The topological polar surface area (TPSA) is 79.4 Å². The minimum Gasteiger partial charge on any atom is -0.444 e. The fraction of sp³-hybridized carbons (Fsp3) is 0.500. The highest BCUT2D eigenvalue weighted by Crippen LogP contribution is 2.36. The number of pyridine rings is 2. The number of halogens is 5. The van der Waals surface area contributed by atoms with Gasteiger partial charge in [0.1, 0.15) is 18.2 Å². The summed E-state index contributed by atoms with van der Waals surface area (Å²) in [7, 11) is 0. The van der Waals surface area contributed by atoms with Crippen LogP contribution < -0.4 is 15.5 Å². The summed E-state index contributed by atoms with van der Waals surface area (Å²) in [4.78, 5) is 22.5. The number of cyclic esters (lactones) is 1. The zero-order valence-electron chi connectivity index (χ0n) is 19.0. The van der Waals surface area contributed by atoms with Gasteiger partial charge in [-0.2, -0.15) is 13.2 Å². The van der Waals surface area contributed by atoms with Gasteiger partial charge >= 0.3 is 12.3 Å². The van der Waals surface area contributed by atoms with E-state index in [-0.39, 0.29) is 25.1 Å². The Morgan fingerprint density at radius 1 is 1.21 bits per heavy atom. The molecule has 1 unspecified atom stereocenters. The Morgan fingerprint density at radius 3 is 2.56 bits per heavy atom. The maximum atomic E-state index is 14.3. The second-order valence-electron chi connectivity index (χ2n) is 8.12. The molecule has 1 atom stereocenters. The summed E-state index contributed by atoms with van der Waals surface area (Å²) in [5, 5.41) is 5.88. The molecule has 2 aromatic heterocycles. The highest BCUT2D eigenvalue weighted by atomic mass is 19.4. The molecule has 2 N–H and O–H groups in total. The average Bonchev–Trinajstić information content (AvgIpc) is 2.76. The molecule has 0 spiro atoms. The maximum Gasteiger partial charge on any atom is 0.413 e. The van der Waals surface area contributed by atoms with Crippen LogP contribution in [-0.4, -0.2) is 47.9 Å². The van der Waals surface area contributed by atoms with Crippen LogP contribution >= 0.6 is 0 Å². The summed E-state index contributed by atoms with van der Waals surface area (Å²) in [5.41, 5.74) is 1.54. The SMILES string of the molecule is CC(F)(F)F.CCC1CNCCN1c1cc(C(C)(F)F)cc(-c2ccnc3c2COC(=O)N3)n1. The molecule has 186 valence electrons. The third-order valence-corrected chi connectivity index (χ3v) is 5.33. The van der Waals surface area contributed by atoms with Gasteiger partial charge in [-0.25, -0.2) is 23.5 Å². The molecule has 1 amide bonds. The van der Waals surface area contributed by atoms with Gasteiger partial charge in [-0.15, -0.1) is 0 Å². The van der Waals surface area contributed by atoms with Crippen molar-refractivity contribution in [3.63, 3.8) is 0 Å². The number of piperazine rings is 1. The van der Waals surface area contributed by atoms with E-state index in [0.717, 1.165) is 26.4 Å². The summed E-state index contributed by atoms with van der Waals surface area (Å²) in [6, 6.07) is 4.76. The van der Waals surface area contributed by atoms with E-state index in [2.05, 4.69) is 27.4 Å². The van der Waals surface area contributed by atoms with Gasteiger partial charge in [-0.1, -0.05) is 6.92 Å². The number of ether oxygens (including phenoxy) is 1. The van der Waals surface area contributed by atoms with Crippen LogP contribution in [0.2, 0.25) is 0 Å². The minimum absolute atomic E-state index is 0.0132. The quantitative estimate of drug-likeness (QED) is 0.586. The van der Waals surface area contributed by atoms with Crippen molar-refractivity contribution in [2.24, 2.45) is 0 Å². The number of carbonyl (C=O) groups is 1. The molecule has 0 saturated carbocycles. The first-order chi connectivity index (χ1) is 15.9. The second-order valence-corrected chi connectivity index (χ2v) is 8.12. The lowest BCUT2D eigenvalue weighted by Crippen LogP contribution is -2.51. The lowest BCUT2D eigenvalue weighted by atomic mass is 10.0. The normalized spacial score (nSPS) is 18.3. The van der Waals surface area contributed by atoms with E-state index in [4.69, 9.17) is 9.72 Å². The lowest BCUT2D eigenvalue weighted by Gasteiger charge is -2.37. The van der Waals surface area contributed by atoms with Gasteiger partial charge in [0.05, 0.1) is 5.69 Å². The number of rotatable bonds is 4. The molecule has 2 aliphatic heterocycles. The van der Waals surface area contributed by atoms with Gasteiger partial charge in [0, 0.05) is 62.4 Å². The van der Waals surface area contributed by atoms with Crippen molar-refractivity contribution in [3.05, 3.63) is 35.5 Å². The molecule has 1 saturated heterocycles. The first-order valence-electron chi connectivity index (χ1n) is 10.7. The van der Waals surface area contributed by atoms with E-state index in [1.165, 1.54) is 18.3 Å². The Hall–Kier alpha value is -3.02. The molecule has 34 heavy (non-hydrogen) atoms. The van der Waals surface area contributed by atoms with Crippen molar-refractivity contribution in [1.29, 1.82) is 0 Å². The molecular weight excluding hydrogens is 461 g/mol. The van der Waals surface area contributed by atoms with E-state index in [1.807, 2.05) is 0 Å². The number of hydrogen-bond donors (Lipinski definition) is 2. The fourth-order valence-electron chi connectivity index (χ4n) is 3.74. The van der Waals surface area contributed by atoms with Crippen LogP contribution in [0.25, 0.3) is 11.3 Å². The Morgan fingerprint density at radius 2 is 1.91 bits per heavy atom. The third kappa shape index (κ3) is 6.52. The number of carbonyl (C=O) groups excluding carboxylic acids is 1. The summed E-state index contributed by atoms with van der Waals surface area (Å²) < 4.78 is 64.8. The standard InChI is InChI=1S/C20H23F2N5O2.C2H3F3/c1-3-13-10-23-6-7-27(13)17-9-12(20(2,21)22)8-16(25-17)14-4-5-24-18-15(14)11-29-19(28)26-18;1-2(3,4)5/h4-5,8-9,13,23H,3,6-7,10-11H2,1-2H3,(H,24,26,28);1H3. The molecule has 4 rings (SSSR count). The summed E-state index contributed by atoms with van der Waals surface area (Å²) >= 11 is 0. The molecule has 2 aliphatic rings. The summed E-state index contributed by atoms with van der Waals surface area (Å²) in [5.74, 6) is -2.12. The number of nitrogens with zero attached hydrogens (tertiary/aromatic N) is 3. The largest absolute Gasteiger partial charge is 0.444 e. The molecule has 4 heterocycles. The van der Waals surface area contributed by atoms with Gasteiger partial charge in [0.25, 0.3) is 5.92 Å². The van der Waals surface area contributed by atoms with Crippen molar-refractivity contribution in [3.8, 4) is 11.3 Å². The highest BCUT2D eigenvalue weighted by Gasteiger charge is 2.30. The number of alkyl halides is 5. The van der Waals surface area contributed by atoms with Crippen LogP contribution in [0, 0.1) is 0 Å². The number of anilines is 2. The minimum atomic E-state index is -4.00. The van der Waals surface area contributed by atoms with Gasteiger partial charge in [-0.3, -0.25) is 5.32 Å². The third-order valence-electron chi connectivity index (χ3n) is 5.33. The van der Waals surface area contributed by atoms with E-state index in [1.54, 1.807) is 6.07 Å². The number of fused-ring (bicyclic) bond motifs is 1. The van der Waals surface area contributed by atoms with Crippen LogP contribution in [0.5, 0.6) is 0 Å². The number of amides is 1. The van der Waals surface area contributed by atoms with Gasteiger partial charge < -0.3 is 15.0 Å². The molecular formula is C22H26F5N5O2. The van der Waals surface area contributed by atoms with E-state index in [0.29, 0.717) is 35.0 Å². The molecule has 0 bridgehead atoms. The van der Waals surface area contributed by atoms with Gasteiger partial charge in [0.15, 0.2) is 0 Å². The molecule has 0 radical (unpaired) electrons. The molecule has 12 heteroatoms. The van der Waals surface area contributed by atoms with E-state index >= 15 is 0 Å². The highest BCUT2D eigenvalue weighted by molar-refractivity contribution is 5.88. The molecule has 1 fully saturated rings. The maximum absolute atomic E-state index is 14.3. The van der Waals surface area contributed by atoms with Crippen molar-refractivity contribution >= 4 is 17.7 Å². The van der Waals surface area contributed by atoms with Crippen molar-refractivity contribution in [2.75, 3.05) is 29.9 Å². The first kappa shape index (κ1) is 25.6. The van der Waals surface area contributed by atoms with E-state index < -0.39 is 18.2 Å². The van der Waals surface area contributed by atoms with Gasteiger partial charge in [0.2, 0.25) is 0 Å². The summed E-state index contributed by atoms with van der Waals surface area (Å²) in [6.45, 7) is 5.40. The monoisotopic (exact) mass is 487 g/mol. The van der Waals surface area contributed by atoms with Crippen LogP contribution in [0.3, 0.4) is 0 Å². The molecule has 0 aliphatic carbocycles. The second kappa shape index (κ2) is 10.1. The van der Waals surface area contributed by atoms with Crippen molar-refractivity contribution in [2.45, 2.75) is 51.9 Å². The number of nitrogens with one attached hydrogen (secondary N) is 2. The zero-order chi connectivity index (χ0) is 25.1.